The van der Waals surface area contributed by atoms with Gasteiger partial charge in [0.25, 0.3) is 0 Å². The Morgan fingerprint density at radius 1 is 1.37 bits per heavy atom. The smallest absolute Gasteiger partial charge is 0.138 e. The van der Waals surface area contributed by atoms with Gasteiger partial charge in [-0.25, -0.2) is 0 Å². The lowest BCUT2D eigenvalue weighted by Gasteiger charge is -2.08. The van der Waals surface area contributed by atoms with Crippen molar-refractivity contribution in [3.63, 3.8) is 0 Å². The third-order valence-electron chi connectivity index (χ3n) is 2.75. The molecule has 5 nitrogen and oxygen atoms in total. The topological polar surface area (TPSA) is 63.0 Å². The summed E-state index contributed by atoms with van der Waals surface area (Å²) < 4.78 is 1.87. The molecule has 0 aliphatic carbocycles. The molecule has 19 heavy (non-hydrogen) atoms. The van der Waals surface area contributed by atoms with Crippen LogP contribution in [0.25, 0.3) is 0 Å². The van der Waals surface area contributed by atoms with E-state index in [0.29, 0.717) is 17.1 Å². The molecule has 0 aliphatic heterocycles. The number of aromatic nitrogens is 3. The van der Waals surface area contributed by atoms with Crippen LogP contribution in [0.4, 0.5) is 0 Å². The monoisotopic (exact) mass is 300 g/mol. The summed E-state index contributed by atoms with van der Waals surface area (Å²) in [6.07, 6.45) is 2.42. The van der Waals surface area contributed by atoms with Crippen LogP contribution in [-0.2, 0) is 20.0 Å². The van der Waals surface area contributed by atoms with E-state index in [1.807, 2.05) is 11.6 Å². The van der Waals surface area contributed by atoms with E-state index in [1.54, 1.807) is 12.4 Å². The summed E-state index contributed by atoms with van der Waals surface area (Å²) in [7, 11) is 1.90. The molecule has 0 aliphatic rings. The molecule has 1 heterocycles. The normalized spacial score (nSPS) is 10.9. The molecule has 102 valence electrons. The molecule has 0 fully saturated rings. The predicted octanol–water partition coefficient (Wildman–Crippen LogP) is 2.16. The lowest BCUT2D eigenvalue weighted by Crippen LogP contribution is -2.18. The summed E-state index contributed by atoms with van der Waals surface area (Å²) in [5, 5.41) is 21.6. The van der Waals surface area contributed by atoms with Crippen LogP contribution in [0.3, 0.4) is 0 Å². The Morgan fingerprint density at radius 2 is 2.16 bits per heavy atom. The first-order valence-electron chi connectivity index (χ1n) is 5.78. The van der Waals surface area contributed by atoms with E-state index >= 15 is 0 Å². The molecule has 2 N–H and O–H groups in total. The summed E-state index contributed by atoms with van der Waals surface area (Å²) in [6, 6.07) is 3.21. The fourth-order valence-electron chi connectivity index (χ4n) is 1.71. The molecular weight excluding hydrogens is 287 g/mol. The Hall–Kier alpha value is -1.30. The van der Waals surface area contributed by atoms with E-state index < -0.39 is 0 Å². The fourth-order valence-corrected chi connectivity index (χ4v) is 2.25. The second-order valence-corrected chi connectivity index (χ2v) is 5.02. The first-order chi connectivity index (χ1) is 9.08. The number of nitrogens with one attached hydrogen (secondary N) is 1. The number of phenols is 1. The number of hydrogen-bond acceptors (Lipinski definition) is 4. The molecule has 7 heteroatoms. The van der Waals surface area contributed by atoms with Crippen LogP contribution in [0.15, 0.2) is 18.5 Å². The van der Waals surface area contributed by atoms with E-state index in [9.17, 15) is 5.11 Å². The maximum atomic E-state index is 9.79. The second-order valence-electron chi connectivity index (χ2n) is 4.18. The Balaban J connectivity index is 1.88. The van der Waals surface area contributed by atoms with E-state index in [1.165, 1.54) is 6.07 Å². The van der Waals surface area contributed by atoms with Crippen molar-refractivity contribution >= 4 is 23.2 Å². The minimum absolute atomic E-state index is 0.0669. The van der Waals surface area contributed by atoms with Crippen molar-refractivity contribution in [2.45, 2.75) is 13.0 Å². The van der Waals surface area contributed by atoms with Gasteiger partial charge in [0.15, 0.2) is 0 Å². The molecule has 2 rings (SSSR count). The third kappa shape index (κ3) is 3.59. The van der Waals surface area contributed by atoms with Crippen LogP contribution in [0, 0.1) is 0 Å². The summed E-state index contributed by atoms with van der Waals surface area (Å²) in [5.41, 5.74) is 0.676. The van der Waals surface area contributed by atoms with Crippen molar-refractivity contribution in [3.8, 4) is 5.75 Å². The summed E-state index contributed by atoms with van der Waals surface area (Å²) in [5.74, 6) is 0.970. The van der Waals surface area contributed by atoms with Crippen molar-refractivity contribution in [1.29, 1.82) is 0 Å². The zero-order valence-corrected chi connectivity index (χ0v) is 11.9. The highest BCUT2D eigenvalue weighted by atomic mass is 35.5. The minimum atomic E-state index is 0.0669. The van der Waals surface area contributed by atoms with Crippen LogP contribution in [0.5, 0.6) is 5.75 Å². The van der Waals surface area contributed by atoms with Crippen LogP contribution in [0.2, 0.25) is 10.0 Å². The van der Waals surface area contributed by atoms with Gasteiger partial charge in [-0.2, -0.15) is 0 Å². The Labute approximate surface area is 121 Å². The van der Waals surface area contributed by atoms with Crippen LogP contribution < -0.4 is 5.32 Å². The average Bonchev–Trinajstić information content (AvgIpc) is 2.76. The maximum Gasteiger partial charge on any atom is 0.138 e. The van der Waals surface area contributed by atoms with Crippen LogP contribution in [-0.4, -0.2) is 26.4 Å². The largest absolute Gasteiger partial charge is 0.506 e. The van der Waals surface area contributed by atoms with Crippen LogP contribution in [0.1, 0.15) is 11.4 Å². The first-order valence-corrected chi connectivity index (χ1v) is 6.54. The van der Waals surface area contributed by atoms with Gasteiger partial charge in [0.1, 0.15) is 17.9 Å². The first kappa shape index (κ1) is 14.1. The van der Waals surface area contributed by atoms with E-state index in [0.717, 1.165) is 18.8 Å². The summed E-state index contributed by atoms with van der Waals surface area (Å²) >= 11 is 11.7. The molecular formula is C12H14Cl2N4O. The molecule has 0 amide bonds. The van der Waals surface area contributed by atoms with Gasteiger partial charge in [-0.15, -0.1) is 10.2 Å². The molecule has 1 aromatic carbocycles. The van der Waals surface area contributed by atoms with Gasteiger partial charge in [-0.3, -0.25) is 0 Å². The van der Waals surface area contributed by atoms with Gasteiger partial charge in [0.05, 0.1) is 5.02 Å². The molecule has 2 aromatic rings. The summed E-state index contributed by atoms with van der Waals surface area (Å²) in [4.78, 5) is 0. The van der Waals surface area contributed by atoms with Gasteiger partial charge >= 0.3 is 0 Å². The zero-order valence-electron chi connectivity index (χ0n) is 10.4. The molecule has 0 bridgehead atoms. The Kier molecular flexibility index (Phi) is 4.63. The standard InChI is InChI=1S/C12H14Cl2N4O/c1-18-7-16-17-11(18)2-3-15-6-8-4-9(13)5-10(14)12(8)19/h4-5,7,15,19H,2-3,6H2,1H3. The molecule has 1 aromatic heterocycles. The molecule has 0 spiro atoms. The highest BCUT2D eigenvalue weighted by Crippen LogP contribution is 2.30. The van der Waals surface area contributed by atoms with Gasteiger partial charge in [0.2, 0.25) is 0 Å². The number of halogens is 2. The highest BCUT2D eigenvalue weighted by Gasteiger charge is 2.07. The fraction of sp³-hybridized carbons (Fsp3) is 0.333. The minimum Gasteiger partial charge on any atom is -0.506 e. The van der Waals surface area contributed by atoms with Crippen molar-refractivity contribution in [2.75, 3.05) is 6.54 Å². The van der Waals surface area contributed by atoms with Gasteiger partial charge in [-0.05, 0) is 12.1 Å². The lowest BCUT2D eigenvalue weighted by molar-refractivity contribution is 0.464. The number of rotatable bonds is 5. The Morgan fingerprint density at radius 3 is 2.84 bits per heavy atom. The number of nitrogens with zero attached hydrogens (tertiary/aromatic N) is 3. The van der Waals surface area contributed by atoms with Crippen LogP contribution >= 0.6 is 23.2 Å². The summed E-state index contributed by atoms with van der Waals surface area (Å²) in [6.45, 7) is 1.21. The highest BCUT2D eigenvalue weighted by molar-refractivity contribution is 6.35. The maximum absolute atomic E-state index is 9.79. The number of aryl methyl sites for hydroxylation is 1. The average molecular weight is 301 g/mol. The van der Waals surface area contributed by atoms with Crippen molar-refractivity contribution < 1.29 is 5.11 Å². The molecule has 0 radical (unpaired) electrons. The lowest BCUT2D eigenvalue weighted by atomic mass is 10.2. The Bertz CT molecular complexity index is 571. The number of phenolic OH excluding ortho intramolecular Hbond substituents is 1. The number of hydrogen-bond donors (Lipinski definition) is 2. The van der Waals surface area contributed by atoms with Gasteiger partial charge in [0, 0.05) is 37.1 Å². The van der Waals surface area contributed by atoms with Crippen molar-refractivity contribution in [3.05, 3.63) is 39.9 Å². The van der Waals surface area contributed by atoms with Gasteiger partial charge < -0.3 is 15.0 Å². The SMILES string of the molecule is Cn1cnnc1CCNCc1cc(Cl)cc(Cl)c1O. The quantitative estimate of drug-likeness (QED) is 0.831. The van der Waals surface area contributed by atoms with Gasteiger partial charge in [-0.1, -0.05) is 23.2 Å². The van der Waals surface area contributed by atoms with Crippen molar-refractivity contribution in [1.82, 2.24) is 20.1 Å². The third-order valence-corrected chi connectivity index (χ3v) is 3.26. The second kappa shape index (κ2) is 6.23. The number of benzene rings is 1. The van der Waals surface area contributed by atoms with E-state index in [2.05, 4.69) is 15.5 Å². The molecule has 0 saturated heterocycles. The molecule has 0 unspecified atom stereocenters. The number of aromatic hydroxyl groups is 1. The predicted molar refractivity (Wildman–Crippen MR) is 74.5 cm³/mol. The zero-order chi connectivity index (χ0) is 13.8. The van der Waals surface area contributed by atoms with E-state index in [-0.39, 0.29) is 10.8 Å². The van der Waals surface area contributed by atoms with E-state index in [4.69, 9.17) is 23.2 Å². The van der Waals surface area contributed by atoms with Crippen molar-refractivity contribution in [2.24, 2.45) is 7.05 Å². The molecule has 0 atom stereocenters. The molecule has 0 saturated carbocycles.